The largest absolute Gasteiger partial charge is 0.479 e. The summed E-state index contributed by atoms with van der Waals surface area (Å²) in [6, 6.07) is 10.0. The third-order valence-corrected chi connectivity index (χ3v) is 3.69. The summed E-state index contributed by atoms with van der Waals surface area (Å²) in [6.45, 7) is 0.892. The van der Waals surface area contributed by atoms with Gasteiger partial charge in [-0.05, 0) is 30.7 Å². The van der Waals surface area contributed by atoms with Crippen molar-refractivity contribution in [3.63, 3.8) is 0 Å². The van der Waals surface area contributed by atoms with Crippen molar-refractivity contribution >= 4 is 11.9 Å². The fraction of sp³-hybridized carbons (Fsp3) is 0.467. The Kier molecular flexibility index (Phi) is 4.09. The predicted molar refractivity (Wildman–Crippen MR) is 73.2 cm³/mol. The van der Waals surface area contributed by atoms with Crippen molar-refractivity contribution in [1.82, 2.24) is 5.32 Å². The number of benzene rings is 1. The minimum absolute atomic E-state index is 0.213. The van der Waals surface area contributed by atoms with Crippen molar-refractivity contribution in [3.8, 4) is 0 Å². The van der Waals surface area contributed by atoms with Gasteiger partial charge in [0.25, 0.3) is 0 Å². The van der Waals surface area contributed by atoms with Gasteiger partial charge in [-0.3, -0.25) is 4.79 Å². The molecule has 1 amide bonds. The van der Waals surface area contributed by atoms with Crippen LogP contribution in [0.2, 0.25) is 0 Å². The number of aliphatic carboxylic acids is 1. The van der Waals surface area contributed by atoms with Crippen LogP contribution in [0.15, 0.2) is 30.3 Å². The van der Waals surface area contributed by atoms with Gasteiger partial charge >= 0.3 is 5.97 Å². The van der Waals surface area contributed by atoms with E-state index in [0.29, 0.717) is 18.3 Å². The van der Waals surface area contributed by atoms with Crippen LogP contribution in [-0.4, -0.2) is 34.2 Å². The summed E-state index contributed by atoms with van der Waals surface area (Å²) < 4.78 is 0. The summed E-state index contributed by atoms with van der Waals surface area (Å²) in [6.07, 6.45) is 1.35. The molecule has 3 atom stereocenters. The molecule has 1 fully saturated rings. The number of hydrogen-bond acceptors (Lipinski definition) is 3. The van der Waals surface area contributed by atoms with Gasteiger partial charge in [-0.25, -0.2) is 4.79 Å². The van der Waals surface area contributed by atoms with E-state index in [1.54, 1.807) is 0 Å². The number of hydrogen-bond donors (Lipinski definition) is 3. The molecule has 0 bridgehead atoms. The van der Waals surface area contributed by atoms with Crippen LogP contribution in [0.3, 0.4) is 0 Å². The molecule has 1 aliphatic carbocycles. The summed E-state index contributed by atoms with van der Waals surface area (Å²) >= 11 is 0. The highest BCUT2D eigenvalue weighted by Crippen LogP contribution is 2.49. The molecule has 0 heterocycles. The summed E-state index contributed by atoms with van der Waals surface area (Å²) in [5, 5.41) is 20.7. The monoisotopic (exact) mass is 277 g/mol. The van der Waals surface area contributed by atoms with Gasteiger partial charge in [-0.2, -0.15) is 0 Å². The highest BCUT2D eigenvalue weighted by atomic mass is 16.4. The highest BCUT2D eigenvalue weighted by molar-refractivity contribution is 5.80. The van der Waals surface area contributed by atoms with E-state index >= 15 is 0 Å². The van der Waals surface area contributed by atoms with Gasteiger partial charge in [-0.15, -0.1) is 0 Å². The number of aliphatic hydroxyl groups is 1. The lowest BCUT2D eigenvalue weighted by Crippen LogP contribution is -2.46. The third-order valence-electron chi connectivity index (χ3n) is 3.69. The summed E-state index contributed by atoms with van der Waals surface area (Å²) in [7, 11) is 0. The maximum absolute atomic E-state index is 11.7. The van der Waals surface area contributed by atoms with Crippen LogP contribution in [0, 0.1) is 5.92 Å². The number of carboxylic acid groups (broad SMARTS) is 1. The maximum atomic E-state index is 11.7. The second kappa shape index (κ2) is 5.63. The quantitative estimate of drug-likeness (QED) is 0.727. The van der Waals surface area contributed by atoms with E-state index in [-0.39, 0.29) is 12.5 Å². The Balaban J connectivity index is 1.76. The van der Waals surface area contributed by atoms with E-state index in [1.807, 2.05) is 18.2 Å². The molecule has 3 N–H and O–H groups in total. The topological polar surface area (TPSA) is 86.6 Å². The Morgan fingerprint density at radius 1 is 1.35 bits per heavy atom. The molecule has 1 aromatic carbocycles. The first kappa shape index (κ1) is 14.5. The van der Waals surface area contributed by atoms with Gasteiger partial charge in [0.1, 0.15) is 0 Å². The average molecular weight is 277 g/mol. The van der Waals surface area contributed by atoms with Gasteiger partial charge in [0.2, 0.25) is 5.91 Å². The van der Waals surface area contributed by atoms with Crippen molar-refractivity contribution < 1.29 is 19.8 Å². The molecule has 0 aliphatic heterocycles. The van der Waals surface area contributed by atoms with Gasteiger partial charge in [0.15, 0.2) is 5.60 Å². The van der Waals surface area contributed by atoms with E-state index in [9.17, 15) is 14.7 Å². The Morgan fingerprint density at radius 2 is 2.00 bits per heavy atom. The van der Waals surface area contributed by atoms with Crippen LogP contribution in [0.1, 0.15) is 31.2 Å². The highest BCUT2D eigenvalue weighted by Gasteiger charge is 2.39. The van der Waals surface area contributed by atoms with Crippen LogP contribution in [0.4, 0.5) is 0 Å². The molecule has 20 heavy (non-hydrogen) atoms. The van der Waals surface area contributed by atoms with E-state index in [2.05, 4.69) is 17.4 Å². The van der Waals surface area contributed by atoms with E-state index < -0.39 is 11.6 Å². The standard InChI is InChI=1S/C15H19NO4/c1-15(20,14(18)19)9-16-13(17)8-11-7-12(11)10-5-3-2-4-6-10/h2-6,11-12,20H,7-9H2,1H3,(H,16,17)(H,18,19)/t11-,12-,15?/m0/s1. The zero-order valence-electron chi connectivity index (χ0n) is 11.4. The molecule has 0 spiro atoms. The van der Waals surface area contributed by atoms with Crippen molar-refractivity contribution in [1.29, 1.82) is 0 Å². The molecule has 0 aromatic heterocycles. The molecule has 1 aliphatic rings. The molecule has 0 saturated heterocycles. The molecule has 1 saturated carbocycles. The van der Waals surface area contributed by atoms with Crippen LogP contribution in [0.25, 0.3) is 0 Å². The SMILES string of the molecule is CC(O)(CNC(=O)C[C@@H]1C[C@H]1c1ccccc1)C(=O)O. The second-order valence-electron chi connectivity index (χ2n) is 5.57. The smallest absolute Gasteiger partial charge is 0.337 e. The van der Waals surface area contributed by atoms with E-state index in [4.69, 9.17) is 5.11 Å². The molecule has 2 rings (SSSR count). The second-order valence-corrected chi connectivity index (χ2v) is 5.57. The third kappa shape index (κ3) is 3.57. The first-order valence-electron chi connectivity index (χ1n) is 6.67. The minimum Gasteiger partial charge on any atom is -0.479 e. The van der Waals surface area contributed by atoms with Crippen LogP contribution in [-0.2, 0) is 9.59 Å². The van der Waals surface area contributed by atoms with Crippen LogP contribution < -0.4 is 5.32 Å². The number of nitrogens with one attached hydrogen (secondary N) is 1. The lowest BCUT2D eigenvalue weighted by molar-refractivity contribution is -0.156. The lowest BCUT2D eigenvalue weighted by Gasteiger charge is -2.18. The zero-order chi connectivity index (χ0) is 14.8. The molecular weight excluding hydrogens is 258 g/mol. The summed E-state index contributed by atoms with van der Waals surface area (Å²) in [5.41, 5.74) is -0.680. The average Bonchev–Trinajstić information content (AvgIpc) is 3.16. The Hall–Kier alpha value is -1.88. The van der Waals surface area contributed by atoms with E-state index in [0.717, 1.165) is 6.42 Å². The van der Waals surface area contributed by atoms with Crippen LogP contribution >= 0.6 is 0 Å². The number of rotatable bonds is 6. The fourth-order valence-electron chi connectivity index (χ4n) is 2.24. The molecule has 1 unspecified atom stereocenters. The Morgan fingerprint density at radius 3 is 2.60 bits per heavy atom. The normalized spacial score (nSPS) is 23.7. The van der Waals surface area contributed by atoms with E-state index in [1.165, 1.54) is 12.5 Å². The first-order chi connectivity index (χ1) is 9.40. The van der Waals surface area contributed by atoms with Gasteiger partial charge in [0, 0.05) is 6.42 Å². The Bertz CT molecular complexity index is 498. The minimum atomic E-state index is -1.92. The summed E-state index contributed by atoms with van der Waals surface area (Å²) in [4.78, 5) is 22.4. The number of carbonyl (C=O) groups is 2. The lowest BCUT2D eigenvalue weighted by atomic mass is 10.1. The molecule has 1 aromatic rings. The zero-order valence-corrected chi connectivity index (χ0v) is 11.4. The molecule has 5 heteroatoms. The van der Waals surface area contributed by atoms with Crippen molar-refractivity contribution in [2.45, 2.75) is 31.3 Å². The van der Waals surface area contributed by atoms with Crippen molar-refractivity contribution in [2.24, 2.45) is 5.92 Å². The van der Waals surface area contributed by atoms with Gasteiger partial charge in [0.05, 0.1) is 6.54 Å². The fourth-order valence-corrected chi connectivity index (χ4v) is 2.24. The first-order valence-corrected chi connectivity index (χ1v) is 6.67. The molecule has 108 valence electrons. The number of carboxylic acids is 1. The molecular formula is C15H19NO4. The maximum Gasteiger partial charge on any atom is 0.337 e. The van der Waals surface area contributed by atoms with Crippen molar-refractivity contribution in [2.75, 3.05) is 6.54 Å². The van der Waals surface area contributed by atoms with Crippen molar-refractivity contribution in [3.05, 3.63) is 35.9 Å². The number of amides is 1. The summed E-state index contributed by atoms with van der Waals surface area (Å²) in [5.74, 6) is -0.824. The Labute approximate surface area is 117 Å². The predicted octanol–water partition coefficient (Wildman–Crippen LogP) is 1.13. The van der Waals surface area contributed by atoms with Crippen LogP contribution in [0.5, 0.6) is 0 Å². The van der Waals surface area contributed by atoms with Gasteiger partial charge in [-0.1, -0.05) is 30.3 Å². The molecule has 0 radical (unpaired) electrons. The number of carbonyl (C=O) groups excluding carboxylic acids is 1. The molecule has 5 nitrogen and oxygen atoms in total. The van der Waals surface area contributed by atoms with Gasteiger partial charge < -0.3 is 15.5 Å².